The molecule has 0 aromatic heterocycles. The number of benzene rings is 3. The first-order valence-electron chi connectivity index (χ1n) is 12.4. The van der Waals surface area contributed by atoms with Crippen molar-refractivity contribution in [3.8, 4) is 51.7 Å². The standard InChI is InChI=1S/C27H24O18/c28-12-2-1-10(17(33)21(12)37)25(40)44-27-22(43-24(39)9-5-15(31)20(36)16(32)6-9)11(18(34)26(41)45-27)7-42-23(38)8-3-13(29)19(35)14(30)4-8/h1-6,11,18,22,26-37,41H,7H2. The fourth-order valence-electron chi connectivity index (χ4n) is 4.13. The summed E-state index contributed by atoms with van der Waals surface area (Å²) < 4.78 is 20.6. The Hall–Kier alpha value is -5.85. The fraction of sp³-hybridized carbons (Fsp3) is 0.222. The van der Waals surface area contributed by atoms with E-state index >= 15 is 0 Å². The van der Waals surface area contributed by atoms with E-state index in [2.05, 4.69) is 0 Å². The van der Waals surface area contributed by atoms with Crippen molar-refractivity contribution < 1.29 is 89.5 Å². The second-order valence-corrected chi connectivity index (χ2v) is 9.48. The first-order valence-corrected chi connectivity index (χ1v) is 12.4. The molecule has 0 saturated carbocycles. The van der Waals surface area contributed by atoms with Crippen LogP contribution in [0.1, 0.15) is 31.1 Å². The Morgan fingerprint density at radius 3 is 1.67 bits per heavy atom. The molecule has 0 spiro atoms. The van der Waals surface area contributed by atoms with Gasteiger partial charge < -0.3 is 75.1 Å². The lowest BCUT2D eigenvalue weighted by Gasteiger charge is -2.41. The Balaban J connectivity index is 1.67. The van der Waals surface area contributed by atoms with Crippen LogP contribution in [0, 0.1) is 5.92 Å². The molecule has 0 amide bonds. The van der Waals surface area contributed by atoms with E-state index in [1.807, 2.05) is 0 Å². The fourth-order valence-corrected chi connectivity index (χ4v) is 4.13. The molecular weight excluding hydrogens is 612 g/mol. The summed E-state index contributed by atoms with van der Waals surface area (Å²) >= 11 is 0. The van der Waals surface area contributed by atoms with Gasteiger partial charge >= 0.3 is 17.9 Å². The first kappa shape index (κ1) is 32.1. The van der Waals surface area contributed by atoms with Crippen molar-refractivity contribution in [3.05, 3.63) is 53.1 Å². The summed E-state index contributed by atoms with van der Waals surface area (Å²) in [4.78, 5) is 38.5. The van der Waals surface area contributed by atoms with Gasteiger partial charge in [-0.3, -0.25) is 0 Å². The van der Waals surface area contributed by atoms with Gasteiger partial charge in [-0.15, -0.1) is 0 Å². The van der Waals surface area contributed by atoms with Crippen LogP contribution in [-0.4, -0.2) is 105 Å². The Morgan fingerprint density at radius 2 is 1.13 bits per heavy atom. The summed E-state index contributed by atoms with van der Waals surface area (Å²) in [6, 6.07) is 4.42. The van der Waals surface area contributed by atoms with Crippen LogP contribution >= 0.6 is 0 Å². The molecule has 240 valence electrons. The number of phenols is 9. The highest BCUT2D eigenvalue weighted by molar-refractivity contribution is 5.94. The van der Waals surface area contributed by atoms with E-state index < -0.39 is 124 Å². The van der Waals surface area contributed by atoms with Crippen LogP contribution in [0.25, 0.3) is 0 Å². The van der Waals surface area contributed by atoms with Gasteiger partial charge in [0, 0.05) is 0 Å². The Morgan fingerprint density at radius 1 is 0.622 bits per heavy atom. The van der Waals surface area contributed by atoms with Gasteiger partial charge in [0.1, 0.15) is 18.3 Å². The van der Waals surface area contributed by atoms with Crippen LogP contribution in [0.5, 0.6) is 51.7 Å². The van der Waals surface area contributed by atoms with E-state index in [9.17, 15) is 70.6 Å². The van der Waals surface area contributed by atoms with Crippen molar-refractivity contribution in [2.75, 3.05) is 6.61 Å². The molecule has 0 aliphatic carbocycles. The van der Waals surface area contributed by atoms with Gasteiger partial charge in [-0.05, 0) is 36.4 Å². The molecule has 1 heterocycles. The minimum Gasteiger partial charge on any atom is -0.504 e. The number of esters is 3. The van der Waals surface area contributed by atoms with Crippen LogP contribution in [0.3, 0.4) is 0 Å². The van der Waals surface area contributed by atoms with E-state index in [1.165, 1.54) is 0 Å². The Bertz CT molecular complexity index is 1600. The molecule has 11 N–H and O–H groups in total. The van der Waals surface area contributed by atoms with Crippen LogP contribution in [0.4, 0.5) is 0 Å². The second kappa shape index (κ2) is 12.4. The molecule has 1 aliphatic heterocycles. The number of aliphatic hydroxyl groups is 2. The molecule has 3 aromatic rings. The van der Waals surface area contributed by atoms with Crippen LogP contribution in [0.2, 0.25) is 0 Å². The van der Waals surface area contributed by atoms with E-state index in [4.69, 9.17) is 18.9 Å². The number of carbonyl (C=O) groups is 3. The van der Waals surface area contributed by atoms with E-state index in [-0.39, 0.29) is 0 Å². The number of hydrogen-bond acceptors (Lipinski definition) is 18. The number of aromatic hydroxyl groups is 9. The predicted molar refractivity (Wildman–Crippen MR) is 140 cm³/mol. The maximum atomic E-state index is 13.0. The summed E-state index contributed by atoms with van der Waals surface area (Å²) in [7, 11) is 0. The average molecular weight is 636 g/mol. The Kier molecular flexibility index (Phi) is 8.84. The molecule has 1 saturated heterocycles. The highest BCUT2D eigenvalue weighted by atomic mass is 16.8. The predicted octanol–water partition coefficient (Wildman–Crippen LogP) is -0.0718. The minimum atomic E-state index is -2.20. The zero-order chi connectivity index (χ0) is 33.3. The summed E-state index contributed by atoms with van der Waals surface area (Å²) in [5, 5.41) is 108. The second-order valence-electron chi connectivity index (χ2n) is 9.48. The van der Waals surface area contributed by atoms with Gasteiger partial charge in [-0.2, -0.15) is 0 Å². The SMILES string of the molecule is O=C(OCC1C(O)C(O)OC(OC(=O)c2ccc(O)c(O)c2O)C1OC(=O)c1cc(O)c(O)c(O)c1)c1cc(O)c(O)c(O)c1. The topological polar surface area (TPSA) is 311 Å². The molecule has 1 fully saturated rings. The molecule has 1 aliphatic rings. The zero-order valence-corrected chi connectivity index (χ0v) is 22.3. The lowest BCUT2D eigenvalue weighted by molar-refractivity contribution is -0.319. The molecule has 5 unspecified atom stereocenters. The smallest absolute Gasteiger partial charge is 0.344 e. The van der Waals surface area contributed by atoms with E-state index in [0.717, 1.165) is 24.3 Å². The van der Waals surface area contributed by atoms with E-state index in [1.54, 1.807) is 0 Å². The maximum absolute atomic E-state index is 13.0. The van der Waals surface area contributed by atoms with Crippen molar-refractivity contribution in [2.45, 2.75) is 24.8 Å². The molecule has 3 aromatic carbocycles. The average Bonchev–Trinajstić information content (AvgIpc) is 2.98. The van der Waals surface area contributed by atoms with Gasteiger partial charge in [-0.25, -0.2) is 14.4 Å². The molecule has 5 atom stereocenters. The third-order valence-corrected chi connectivity index (χ3v) is 6.53. The highest BCUT2D eigenvalue weighted by Crippen LogP contribution is 2.40. The molecule has 18 nitrogen and oxygen atoms in total. The third-order valence-electron chi connectivity index (χ3n) is 6.53. The number of hydrogen-bond donors (Lipinski definition) is 11. The minimum absolute atomic E-state index is 0.501. The van der Waals surface area contributed by atoms with Crippen molar-refractivity contribution in [3.63, 3.8) is 0 Å². The molecule has 0 radical (unpaired) electrons. The summed E-state index contributed by atoms with van der Waals surface area (Å²) in [5.41, 5.74) is -1.85. The zero-order valence-electron chi connectivity index (χ0n) is 22.3. The van der Waals surface area contributed by atoms with Gasteiger partial charge in [0.25, 0.3) is 0 Å². The maximum Gasteiger partial charge on any atom is 0.344 e. The quantitative estimate of drug-likeness (QED) is 0.0918. The summed E-state index contributed by atoms with van der Waals surface area (Å²) in [6.45, 7) is -0.952. The van der Waals surface area contributed by atoms with Gasteiger partial charge in [0.15, 0.2) is 58.4 Å². The summed E-state index contributed by atoms with van der Waals surface area (Å²) in [5.74, 6) is -14.5. The monoisotopic (exact) mass is 636 g/mol. The van der Waals surface area contributed by atoms with Crippen LogP contribution < -0.4 is 0 Å². The molecule has 45 heavy (non-hydrogen) atoms. The van der Waals surface area contributed by atoms with Crippen molar-refractivity contribution in [1.29, 1.82) is 0 Å². The van der Waals surface area contributed by atoms with Gasteiger partial charge in [-0.1, -0.05) is 0 Å². The van der Waals surface area contributed by atoms with Crippen molar-refractivity contribution in [2.24, 2.45) is 5.92 Å². The van der Waals surface area contributed by atoms with Crippen LogP contribution in [0.15, 0.2) is 36.4 Å². The lowest BCUT2D eigenvalue weighted by atomic mass is 9.92. The molecule has 4 rings (SSSR count). The van der Waals surface area contributed by atoms with Crippen molar-refractivity contribution >= 4 is 17.9 Å². The number of ether oxygens (including phenoxy) is 4. The number of aliphatic hydroxyl groups excluding tert-OH is 2. The molecule has 18 heteroatoms. The highest BCUT2D eigenvalue weighted by Gasteiger charge is 2.50. The molecular formula is C27H24O18. The first-order chi connectivity index (χ1) is 21.1. The van der Waals surface area contributed by atoms with Crippen molar-refractivity contribution in [1.82, 2.24) is 0 Å². The normalized spacial score (nSPS) is 21.1. The van der Waals surface area contributed by atoms with E-state index in [0.29, 0.717) is 12.1 Å². The number of rotatable bonds is 7. The van der Waals surface area contributed by atoms with Gasteiger partial charge in [0.2, 0.25) is 12.0 Å². The summed E-state index contributed by atoms with van der Waals surface area (Å²) in [6.07, 6.45) is -8.41. The largest absolute Gasteiger partial charge is 0.504 e. The van der Waals surface area contributed by atoms with Gasteiger partial charge in [0.05, 0.1) is 17.0 Å². The molecule has 0 bridgehead atoms. The number of phenolic OH excluding ortho intramolecular Hbond substituents is 9. The number of carbonyl (C=O) groups excluding carboxylic acids is 3. The van der Waals surface area contributed by atoms with Crippen LogP contribution in [-0.2, 0) is 18.9 Å². The third kappa shape index (κ3) is 6.42. The Labute approximate surface area is 249 Å². The lowest BCUT2D eigenvalue weighted by Crippen LogP contribution is -2.58.